The van der Waals surface area contributed by atoms with E-state index < -0.39 is 15.9 Å². The smallest absolute Gasteiger partial charge is 0.281 e. The van der Waals surface area contributed by atoms with Gasteiger partial charge in [-0.2, -0.15) is 13.4 Å². The Bertz CT molecular complexity index is 1600. The molecule has 1 unspecified atom stereocenters. The zero-order valence-corrected chi connectivity index (χ0v) is 21.6. The lowest BCUT2D eigenvalue weighted by Crippen LogP contribution is -2.41. The third kappa shape index (κ3) is 5.10. The molecule has 1 aromatic carbocycles. The summed E-state index contributed by atoms with van der Waals surface area (Å²) in [4.78, 5) is 28.1. The topological polar surface area (TPSA) is 114 Å². The number of pyridine rings is 3. The van der Waals surface area contributed by atoms with E-state index in [0.29, 0.717) is 17.5 Å². The molecule has 0 aliphatic carbocycles. The number of sulfonamides is 1. The number of nitrogens with one attached hydrogen (secondary N) is 1. The van der Waals surface area contributed by atoms with E-state index in [0.717, 1.165) is 23.9 Å². The minimum absolute atomic E-state index is 0. The van der Waals surface area contributed by atoms with Gasteiger partial charge in [-0.15, -0.1) is 0 Å². The van der Waals surface area contributed by atoms with Crippen LogP contribution in [-0.2, 0) is 10.0 Å². The summed E-state index contributed by atoms with van der Waals surface area (Å²) < 4.78 is 34.2. The molecular weight excluding hydrogens is 490 g/mol. The van der Waals surface area contributed by atoms with E-state index in [1.54, 1.807) is 42.7 Å². The Balaban J connectivity index is 0.00000336. The predicted octanol–water partition coefficient (Wildman–Crippen LogP) is 4.81. The molecule has 192 valence electrons. The first-order valence-corrected chi connectivity index (χ1v) is 13.4. The molecule has 0 radical (unpaired) electrons. The number of benzene rings is 1. The molecule has 1 aliphatic rings. The number of amides is 1. The first kappa shape index (κ1) is 24.6. The number of anilines is 1. The number of rotatable bonds is 6. The molecular formula is C27H29N5O4S. The van der Waals surface area contributed by atoms with Crippen molar-refractivity contribution in [1.82, 2.24) is 19.7 Å². The first-order chi connectivity index (χ1) is 17.6. The van der Waals surface area contributed by atoms with Crippen molar-refractivity contribution in [2.75, 3.05) is 11.4 Å². The van der Waals surface area contributed by atoms with Crippen molar-refractivity contribution in [3.05, 3.63) is 78.6 Å². The van der Waals surface area contributed by atoms with Gasteiger partial charge in [0.2, 0.25) is 5.88 Å². The lowest BCUT2D eigenvalue weighted by atomic mass is 9.97. The maximum atomic E-state index is 13.2. The van der Waals surface area contributed by atoms with E-state index in [-0.39, 0.29) is 23.4 Å². The molecule has 0 saturated carbocycles. The van der Waals surface area contributed by atoms with Gasteiger partial charge >= 0.3 is 0 Å². The van der Waals surface area contributed by atoms with Crippen molar-refractivity contribution in [3.63, 3.8) is 0 Å². The second-order valence-corrected chi connectivity index (χ2v) is 11.4. The van der Waals surface area contributed by atoms with Crippen molar-refractivity contribution >= 4 is 32.7 Å². The van der Waals surface area contributed by atoms with Gasteiger partial charge in [0.1, 0.15) is 11.6 Å². The van der Waals surface area contributed by atoms with Gasteiger partial charge in [-0.1, -0.05) is 19.1 Å². The van der Waals surface area contributed by atoms with Crippen LogP contribution in [0.5, 0.6) is 11.6 Å². The molecule has 1 atom stereocenters. The molecule has 1 fully saturated rings. The molecule has 4 aromatic rings. The molecule has 37 heavy (non-hydrogen) atoms. The number of fused-ring (bicyclic) bond motifs is 1. The van der Waals surface area contributed by atoms with Crippen LogP contribution in [0, 0.1) is 5.92 Å². The van der Waals surface area contributed by atoms with Crippen LogP contribution in [0.25, 0.3) is 10.9 Å². The monoisotopic (exact) mass is 519 g/mol. The maximum Gasteiger partial charge on any atom is 0.281 e. The maximum absolute atomic E-state index is 13.2. The number of hydrogen-bond acceptors (Lipinski definition) is 8. The van der Waals surface area contributed by atoms with E-state index >= 15 is 0 Å². The summed E-state index contributed by atoms with van der Waals surface area (Å²) in [5, 5.41) is 0.612. The Morgan fingerprint density at radius 1 is 1.08 bits per heavy atom. The Hall–Kier alpha value is -4.05. The SMILES string of the molecule is CC1CN(c2ncccc2C(=O)NS(=O)(=O)c2cccc(Oc3ccc4cccnc4c3)n2)C(C)(C)C1.[HH]. The van der Waals surface area contributed by atoms with E-state index in [2.05, 4.69) is 45.3 Å². The minimum Gasteiger partial charge on any atom is -0.439 e. The molecule has 1 N–H and O–H groups in total. The van der Waals surface area contributed by atoms with Crippen LogP contribution in [0.1, 0.15) is 39.0 Å². The van der Waals surface area contributed by atoms with Gasteiger partial charge in [-0.05, 0) is 62.6 Å². The van der Waals surface area contributed by atoms with Gasteiger partial charge < -0.3 is 9.64 Å². The first-order valence-electron chi connectivity index (χ1n) is 11.9. The van der Waals surface area contributed by atoms with Crippen molar-refractivity contribution in [3.8, 4) is 11.6 Å². The summed E-state index contributed by atoms with van der Waals surface area (Å²) in [6.07, 6.45) is 4.22. The summed E-state index contributed by atoms with van der Waals surface area (Å²) in [7, 11) is -4.29. The summed E-state index contributed by atoms with van der Waals surface area (Å²) in [6.45, 7) is 7.04. The average Bonchev–Trinajstić information content (AvgIpc) is 3.15. The number of aromatic nitrogens is 3. The van der Waals surface area contributed by atoms with Crippen LogP contribution in [0.4, 0.5) is 5.82 Å². The average molecular weight is 520 g/mol. The molecule has 0 bridgehead atoms. The second kappa shape index (κ2) is 9.44. The van der Waals surface area contributed by atoms with Crippen LogP contribution < -0.4 is 14.4 Å². The highest BCUT2D eigenvalue weighted by atomic mass is 32.2. The van der Waals surface area contributed by atoms with E-state index in [4.69, 9.17) is 4.74 Å². The molecule has 4 heterocycles. The Morgan fingerprint density at radius 3 is 2.65 bits per heavy atom. The summed E-state index contributed by atoms with van der Waals surface area (Å²) in [5.74, 6) is 0.633. The Kier molecular flexibility index (Phi) is 6.28. The lowest BCUT2D eigenvalue weighted by molar-refractivity contribution is 0.0981. The van der Waals surface area contributed by atoms with Crippen LogP contribution >= 0.6 is 0 Å². The van der Waals surface area contributed by atoms with Gasteiger partial charge in [0.25, 0.3) is 15.9 Å². The quantitative estimate of drug-likeness (QED) is 0.386. The van der Waals surface area contributed by atoms with E-state index in [1.165, 1.54) is 12.1 Å². The molecule has 1 amide bonds. The molecule has 9 nitrogen and oxygen atoms in total. The molecule has 1 aliphatic heterocycles. The number of hydrogen-bond donors (Lipinski definition) is 1. The third-order valence-electron chi connectivity index (χ3n) is 6.36. The molecule has 1 saturated heterocycles. The van der Waals surface area contributed by atoms with Gasteiger partial charge in [-0.25, -0.2) is 9.71 Å². The Morgan fingerprint density at radius 2 is 1.86 bits per heavy atom. The fourth-order valence-corrected chi connectivity index (χ4v) is 5.74. The number of carbonyl (C=O) groups is 1. The van der Waals surface area contributed by atoms with Gasteiger partial charge in [0.15, 0.2) is 5.03 Å². The fourth-order valence-electron chi connectivity index (χ4n) is 4.81. The lowest BCUT2D eigenvalue weighted by Gasteiger charge is -2.33. The predicted molar refractivity (Wildman–Crippen MR) is 142 cm³/mol. The fraction of sp³-hybridized carbons (Fsp3) is 0.259. The van der Waals surface area contributed by atoms with Crippen molar-refractivity contribution in [2.24, 2.45) is 5.92 Å². The van der Waals surface area contributed by atoms with Gasteiger partial charge in [0.05, 0.1) is 11.1 Å². The normalized spacial score (nSPS) is 17.1. The third-order valence-corrected chi connectivity index (χ3v) is 7.59. The molecule has 0 spiro atoms. The minimum atomic E-state index is -4.29. The van der Waals surface area contributed by atoms with E-state index in [1.807, 2.05) is 18.2 Å². The second-order valence-electron chi connectivity index (χ2n) is 9.82. The number of carbonyl (C=O) groups excluding carboxylic acids is 1. The molecule has 3 aromatic heterocycles. The van der Waals surface area contributed by atoms with Crippen LogP contribution in [0.15, 0.2) is 78.1 Å². The van der Waals surface area contributed by atoms with Gasteiger partial charge in [0, 0.05) is 43.4 Å². The largest absolute Gasteiger partial charge is 0.439 e. The zero-order valence-electron chi connectivity index (χ0n) is 20.7. The number of ether oxygens (including phenoxy) is 1. The van der Waals surface area contributed by atoms with Crippen LogP contribution in [0.2, 0.25) is 0 Å². The highest BCUT2D eigenvalue weighted by Gasteiger charge is 2.39. The van der Waals surface area contributed by atoms with Crippen LogP contribution in [-0.4, -0.2) is 41.4 Å². The summed E-state index contributed by atoms with van der Waals surface area (Å²) in [5.41, 5.74) is 0.705. The van der Waals surface area contributed by atoms with Crippen molar-refractivity contribution in [2.45, 2.75) is 37.8 Å². The highest BCUT2D eigenvalue weighted by molar-refractivity contribution is 7.90. The zero-order chi connectivity index (χ0) is 26.2. The molecule has 5 rings (SSSR count). The van der Waals surface area contributed by atoms with Crippen molar-refractivity contribution < 1.29 is 19.4 Å². The Labute approximate surface area is 217 Å². The summed E-state index contributed by atoms with van der Waals surface area (Å²) >= 11 is 0. The van der Waals surface area contributed by atoms with Crippen molar-refractivity contribution in [1.29, 1.82) is 0 Å². The van der Waals surface area contributed by atoms with Gasteiger partial charge in [-0.3, -0.25) is 9.78 Å². The summed E-state index contributed by atoms with van der Waals surface area (Å²) in [6, 6.07) is 16.7. The highest BCUT2D eigenvalue weighted by Crippen LogP contribution is 2.37. The molecule has 10 heteroatoms. The standard InChI is InChI=1S/C27H27N5O4S.H2/c1-18-16-27(2,3)32(17-18)25-21(8-6-14-29-25)26(33)31-37(34,35)24-10-4-9-23(30-24)36-20-12-11-19-7-5-13-28-22(19)15-20;/h4-15,18H,16-17H2,1-3H3,(H,31,33);1H. The number of nitrogens with zero attached hydrogens (tertiary/aromatic N) is 4. The van der Waals surface area contributed by atoms with E-state index in [9.17, 15) is 13.2 Å². The van der Waals surface area contributed by atoms with Crippen LogP contribution in [0.3, 0.4) is 0 Å².